The molecule has 2 heterocycles. The van der Waals surface area contributed by atoms with Crippen LogP contribution in [0, 0.1) is 17.3 Å². The predicted octanol–water partition coefficient (Wildman–Crippen LogP) is 2.75. The van der Waals surface area contributed by atoms with E-state index in [1.165, 1.54) is 13.8 Å². The summed E-state index contributed by atoms with van der Waals surface area (Å²) >= 11 is 6.80. The van der Waals surface area contributed by atoms with Gasteiger partial charge in [-0.05, 0) is 39.5 Å². The van der Waals surface area contributed by atoms with Gasteiger partial charge in [0.2, 0.25) is 0 Å². The summed E-state index contributed by atoms with van der Waals surface area (Å²) < 4.78 is 29.5. The third kappa shape index (κ3) is 5.24. The molecule has 4 aliphatic rings. The highest BCUT2D eigenvalue weighted by Gasteiger charge is 2.79. The molecule has 4 fully saturated rings. The van der Waals surface area contributed by atoms with Gasteiger partial charge in [0.05, 0.1) is 17.4 Å². The molecule has 2 aliphatic heterocycles. The Hall–Kier alpha value is -2.21. The van der Waals surface area contributed by atoms with Crippen LogP contribution in [0.5, 0.6) is 0 Å². The van der Waals surface area contributed by atoms with Gasteiger partial charge < -0.3 is 33.9 Å². The van der Waals surface area contributed by atoms with Crippen molar-refractivity contribution in [2.75, 3.05) is 0 Å². The molecule has 12 heteroatoms. The molecule has 11 nitrogen and oxygen atoms in total. The van der Waals surface area contributed by atoms with E-state index in [1.807, 2.05) is 13.8 Å². The van der Waals surface area contributed by atoms with Gasteiger partial charge in [-0.2, -0.15) is 0 Å². The first-order valence-corrected chi connectivity index (χ1v) is 15.2. The van der Waals surface area contributed by atoms with Crippen LogP contribution < -0.4 is 0 Å². The standard InChI is InChI=1S/C30H43ClO11/c1-8-10-18(33)39-17-13-12-14(3)20(31)23-30(37,15(4)27(35)42-23)26(38-16(5)32)22-28(17,6)24-21(41-24)25(29(22,7)36)40-19(34)11-9-2/h15,17,20-26,36-37H,3,8-13H2,1-2,4-7H3/t15-,17-,20+,21+,22+,23-,24-,25+,26-,28+,29-,30-/m0/s1. The first kappa shape index (κ1) is 32.7. The van der Waals surface area contributed by atoms with E-state index in [0.717, 1.165) is 6.92 Å². The number of alkyl halides is 1. The lowest BCUT2D eigenvalue weighted by Crippen LogP contribution is -2.73. The van der Waals surface area contributed by atoms with E-state index in [2.05, 4.69) is 6.58 Å². The van der Waals surface area contributed by atoms with Crippen molar-refractivity contribution in [3.8, 4) is 0 Å². The van der Waals surface area contributed by atoms with Gasteiger partial charge in [0.1, 0.15) is 23.9 Å². The zero-order valence-corrected chi connectivity index (χ0v) is 25.8. The molecule has 42 heavy (non-hydrogen) atoms. The Morgan fingerprint density at radius 1 is 1.02 bits per heavy atom. The number of epoxide rings is 1. The zero-order chi connectivity index (χ0) is 31.4. The molecule has 236 valence electrons. The molecule has 0 aromatic heterocycles. The van der Waals surface area contributed by atoms with Crippen molar-refractivity contribution >= 4 is 35.5 Å². The van der Waals surface area contributed by atoms with E-state index in [1.54, 1.807) is 6.92 Å². The quantitative estimate of drug-likeness (QED) is 0.143. The van der Waals surface area contributed by atoms with Crippen LogP contribution >= 0.6 is 11.6 Å². The van der Waals surface area contributed by atoms with Crippen molar-refractivity contribution < 1.29 is 53.1 Å². The number of aliphatic hydroxyl groups is 2. The van der Waals surface area contributed by atoms with E-state index in [9.17, 15) is 29.4 Å². The Morgan fingerprint density at radius 3 is 2.19 bits per heavy atom. The number of carbonyl (C=O) groups excluding carboxylic acids is 4. The van der Waals surface area contributed by atoms with Crippen molar-refractivity contribution in [3.63, 3.8) is 0 Å². The lowest BCUT2D eigenvalue weighted by atomic mass is 9.52. The van der Waals surface area contributed by atoms with Gasteiger partial charge in [-0.25, -0.2) is 0 Å². The number of hydrogen-bond acceptors (Lipinski definition) is 11. The molecule has 0 aromatic carbocycles. The van der Waals surface area contributed by atoms with E-state index >= 15 is 0 Å². The van der Waals surface area contributed by atoms with Crippen LogP contribution in [-0.4, -0.2) is 87.3 Å². The Labute approximate surface area is 251 Å². The van der Waals surface area contributed by atoms with E-state index < -0.39 is 94.3 Å². The monoisotopic (exact) mass is 614 g/mol. The normalized spacial score (nSPS) is 44.5. The molecule has 12 atom stereocenters. The van der Waals surface area contributed by atoms with E-state index in [4.69, 9.17) is 35.3 Å². The highest BCUT2D eigenvalue weighted by Crippen LogP contribution is 2.63. The third-order valence-electron chi connectivity index (χ3n) is 9.63. The predicted molar refractivity (Wildman–Crippen MR) is 148 cm³/mol. The van der Waals surface area contributed by atoms with Gasteiger partial charge in [0.15, 0.2) is 17.8 Å². The first-order valence-electron chi connectivity index (χ1n) is 14.7. The van der Waals surface area contributed by atoms with Crippen molar-refractivity contribution in [2.45, 2.75) is 133 Å². The molecule has 0 radical (unpaired) electrons. The zero-order valence-electron chi connectivity index (χ0n) is 25.1. The van der Waals surface area contributed by atoms with Gasteiger partial charge in [-0.3, -0.25) is 19.2 Å². The number of esters is 4. The van der Waals surface area contributed by atoms with Crippen molar-refractivity contribution in [3.05, 3.63) is 12.2 Å². The Morgan fingerprint density at radius 2 is 1.62 bits per heavy atom. The summed E-state index contributed by atoms with van der Waals surface area (Å²) in [4.78, 5) is 51.4. The van der Waals surface area contributed by atoms with Gasteiger partial charge in [-0.1, -0.05) is 32.9 Å². The largest absolute Gasteiger partial charge is 0.462 e. The number of carbonyl (C=O) groups is 4. The second kappa shape index (κ2) is 11.7. The molecule has 4 rings (SSSR count). The number of rotatable bonds is 7. The summed E-state index contributed by atoms with van der Waals surface area (Å²) in [5, 5.41) is 23.9. The number of hydrogen-bond donors (Lipinski definition) is 2. The molecular formula is C30H43ClO11. The van der Waals surface area contributed by atoms with Crippen LogP contribution in [0.3, 0.4) is 0 Å². The maximum absolute atomic E-state index is 13.0. The van der Waals surface area contributed by atoms with E-state index in [-0.39, 0.29) is 25.7 Å². The molecular weight excluding hydrogens is 572 g/mol. The molecule has 2 saturated heterocycles. The lowest BCUT2D eigenvalue weighted by molar-refractivity contribution is -0.262. The minimum Gasteiger partial charge on any atom is -0.462 e. The molecule has 2 N–H and O–H groups in total. The van der Waals surface area contributed by atoms with Crippen LogP contribution in [0.25, 0.3) is 0 Å². The summed E-state index contributed by atoms with van der Waals surface area (Å²) in [7, 11) is 0. The number of fused-ring (bicyclic) bond motifs is 4. The maximum Gasteiger partial charge on any atom is 0.312 e. The SMILES string of the molecule is C=C1CC[C@H](OC(=O)CCC)[C@@]2(C)[C@H]3O[C@H]3[C@@H](OC(=O)CCC)[C@@](C)(O)[C@@H]2[C@H](OC(C)=O)[C@]2(O)[C@@H](C)C(=O)O[C@H]2[C@@H]1Cl. The minimum atomic E-state index is -2.26. The molecule has 0 amide bonds. The average Bonchev–Trinajstić information content (AvgIpc) is 3.67. The smallest absolute Gasteiger partial charge is 0.312 e. The summed E-state index contributed by atoms with van der Waals surface area (Å²) in [5.41, 5.74) is -5.17. The molecule has 2 saturated carbocycles. The van der Waals surface area contributed by atoms with E-state index in [0.29, 0.717) is 18.4 Å². The van der Waals surface area contributed by atoms with Crippen LogP contribution in [0.15, 0.2) is 12.2 Å². The Balaban J connectivity index is 1.97. The van der Waals surface area contributed by atoms with Crippen molar-refractivity contribution in [1.29, 1.82) is 0 Å². The Bertz CT molecular complexity index is 1120. The van der Waals surface area contributed by atoms with Gasteiger partial charge >= 0.3 is 23.9 Å². The average molecular weight is 615 g/mol. The van der Waals surface area contributed by atoms with Gasteiger partial charge in [-0.15, -0.1) is 11.6 Å². The molecule has 0 unspecified atom stereocenters. The summed E-state index contributed by atoms with van der Waals surface area (Å²) in [6, 6.07) is 0. The molecule has 0 aromatic rings. The topological polar surface area (TPSA) is 158 Å². The summed E-state index contributed by atoms with van der Waals surface area (Å²) in [6.45, 7) is 13.5. The number of halogens is 1. The second-order valence-electron chi connectivity index (χ2n) is 12.6. The minimum absolute atomic E-state index is 0.0952. The number of ether oxygens (including phenoxy) is 5. The maximum atomic E-state index is 13.0. The van der Waals surface area contributed by atoms with Crippen molar-refractivity contribution in [2.24, 2.45) is 17.3 Å². The fourth-order valence-electron chi connectivity index (χ4n) is 7.43. The second-order valence-corrected chi connectivity index (χ2v) is 13.0. The third-order valence-corrected chi connectivity index (χ3v) is 10.2. The summed E-state index contributed by atoms with van der Waals surface area (Å²) in [5.74, 6) is -5.16. The summed E-state index contributed by atoms with van der Waals surface area (Å²) in [6.07, 6.45) is -4.96. The van der Waals surface area contributed by atoms with Crippen LogP contribution in [0.2, 0.25) is 0 Å². The lowest BCUT2D eigenvalue weighted by Gasteiger charge is -2.57. The van der Waals surface area contributed by atoms with Crippen LogP contribution in [0.1, 0.15) is 80.1 Å². The van der Waals surface area contributed by atoms with Crippen LogP contribution in [-0.2, 0) is 42.9 Å². The van der Waals surface area contributed by atoms with Crippen molar-refractivity contribution in [1.82, 2.24) is 0 Å². The fraction of sp³-hybridized carbons (Fsp3) is 0.800. The first-order chi connectivity index (χ1) is 19.6. The highest BCUT2D eigenvalue weighted by molar-refractivity contribution is 6.23. The molecule has 0 spiro atoms. The molecule has 0 bridgehead atoms. The molecule has 2 aliphatic carbocycles. The van der Waals surface area contributed by atoms with Gasteiger partial charge in [0, 0.05) is 31.1 Å². The highest BCUT2D eigenvalue weighted by atomic mass is 35.5. The Kier molecular flexibility index (Phi) is 9.11. The fourth-order valence-corrected chi connectivity index (χ4v) is 7.79. The van der Waals surface area contributed by atoms with Gasteiger partial charge in [0.25, 0.3) is 0 Å². The van der Waals surface area contributed by atoms with Crippen LogP contribution in [0.4, 0.5) is 0 Å².